The summed E-state index contributed by atoms with van der Waals surface area (Å²) in [5.41, 5.74) is 2.30. The molecule has 1 nitrogen and oxygen atoms in total. The molecule has 1 aromatic rings. The molecule has 1 N–H and O–H groups in total. The third-order valence-corrected chi connectivity index (χ3v) is 3.41. The van der Waals surface area contributed by atoms with Gasteiger partial charge in [0.2, 0.25) is 0 Å². The molecule has 102 valence electrons. The monoisotopic (exact) mass is 251 g/mol. The first-order valence-electron chi connectivity index (χ1n) is 7.18. The van der Waals surface area contributed by atoms with E-state index in [4.69, 9.17) is 0 Å². The van der Waals surface area contributed by atoms with Gasteiger partial charge in [-0.2, -0.15) is 0 Å². The van der Waals surface area contributed by atoms with Crippen LogP contribution in [0, 0.1) is 12.7 Å². The minimum atomic E-state index is -0.132. The lowest BCUT2D eigenvalue weighted by molar-refractivity contribution is 0.477. The summed E-state index contributed by atoms with van der Waals surface area (Å²) in [6, 6.07) is 5.39. The van der Waals surface area contributed by atoms with Gasteiger partial charge in [0.25, 0.3) is 0 Å². The molecule has 0 aliphatic heterocycles. The van der Waals surface area contributed by atoms with Gasteiger partial charge in [0, 0.05) is 6.04 Å². The summed E-state index contributed by atoms with van der Waals surface area (Å²) in [5.74, 6) is -0.132. The van der Waals surface area contributed by atoms with Crippen molar-refractivity contribution in [1.29, 1.82) is 0 Å². The number of halogens is 1. The van der Waals surface area contributed by atoms with Gasteiger partial charge in [-0.1, -0.05) is 45.6 Å². The van der Waals surface area contributed by atoms with Crippen molar-refractivity contribution in [3.63, 3.8) is 0 Å². The van der Waals surface area contributed by atoms with Crippen LogP contribution in [0.5, 0.6) is 0 Å². The first kappa shape index (κ1) is 15.2. The summed E-state index contributed by atoms with van der Waals surface area (Å²) >= 11 is 0. The predicted molar refractivity (Wildman–Crippen MR) is 76.3 cm³/mol. The molecule has 1 unspecified atom stereocenters. The van der Waals surface area contributed by atoms with Crippen molar-refractivity contribution in [1.82, 2.24) is 5.32 Å². The topological polar surface area (TPSA) is 12.0 Å². The summed E-state index contributed by atoms with van der Waals surface area (Å²) in [5, 5.41) is 3.48. The second-order valence-corrected chi connectivity index (χ2v) is 4.96. The Morgan fingerprint density at radius 1 is 1.17 bits per heavy atom. The number of benzene rings is 1. The summed E-state index contributed by atoms with van der Waals surface area (Å²) < 4.78 is 13.4. The van der Waals surface area contributed by atoms with Crippen LogP contribution in [0.15, 0.2) is 18.2 Å². The standard InChI is InChI=1S/C16H26FN/c1-4-6-7-8-9-16(18-5-2)15-12-14(17)11-10-13(15)3/h10-12,16,18H,4-9H2,1-3H3. The molecule has 18 heavy (non-hydrogen) atoms. The molecule has 0 aliphatic carbocycles. The zero-order valence-corrected chi connectivity index (χ0v) is 11.9. The average Bonchev–Trinajstić information content (AvgIpc) is 2.36. The molecule has 0 bridgehead atoms. The van der Waals surface area contributed by atoms with Gasteiger partial charge < -0.3 is 5.32 Å². The van der Waals surface area contributed by atoms with Crippen LogP contribution in [0.4, 0.5) is 4.39 Å². The largest absolute Gasteiger partial charge is 0.310 e. The molecule has 0 amide bonds. The smallest absolute Gasteiger partial charge is 0.123 e. The highest BCUT2D eigenvalue weighted by molar-refractivity contribution is 5.29. The molecule has 1 rings (SSSR count). The Bertz CT molecular complexity index is 349. The quantitative estimate of drug-likeness (QED) is 0.657. The van der Waals surface area contributed by atoms with Crippen molar-refractivity contribution in [2.75, 3.05) is 6.54 Å². The number of rotatable bonds is 8. The molecule has 1 aromatic carbocycles. The lowest BCUT2D eigenvalue weighted by Crippen LogP contribution is -2.21. The minimum Gasteiger partial charge on any atom is -0.310 e. The van der Waals surface area contributed by atoms with E-state index in [0.717, 1.165) is 18.5 Å². The van der Waals surface area contributed by atoms with Crippen molar-refractivity contribution < 1.29 is 4.39 Å². The summed E-state index contributed by atoms with van der Waals surface area (Å²) in [6.45, 7) is 7.31. The average molecular weight is 251 g/mol. The summed E-state index contributed by atoms with van der Waals surface area (Å²) in [4.78, 5) is 0. The molecule has 0 fully saturated rings. The molecule has 0 aliphatic rings. The van der Waals surface area contributed by atoms with Gasteiger partial charge in [-0.25, -0.2) is 4.39 Å². The van der Waals surface area contributed by atoms with Gasteiger partial charge in [0.1, 0.15) is 5.82 Å². The van der Waals surface area contributed by atoms with E-state index in [1.165, 1.54) is 31.2 Å². The Kier molecular flexibility index (Phi) is 6.96. The highest BCUT2D eigenvalue weighted by atomic mass is 19.1. The fourth-order valence-corrected chi connectivity index (χ4v) is 2.38. The minimum absolute atomic E-state index is 0.132. The number of hydrogen-bond donors (Lipinski definition) is 1. The van der Waals surface area contributed by atoms with E-state index in [0.29, 0.717) is 6.04 Å². The Hall–Kier alpha value is -0.890. The van der Waals surface area contributed by atoms with Crippen LogP contribution in [-0.4, -0.2) is 6.54 Å². The summed E-state index contributed by atoms with van der Waals surface area (Å²) in [7, 11) is 0. The van der Waals surface area contributed by atoms with E-state index < -0.39 is 0 Å². The molecule has 0 spiro atoms. The Labute approximate surface area is 111 Å². The SMILES string of the molecule is CCCCCCC(NCC)c1cc(F)ccc1C. The van der Waals surface area contributed by atoms with Gasteiger partial charge in [-0.05, 0) is 43.1 Å². The predicted octanol–water partition coefficient (Wildman–Crippen LogP) is 4.76. The number of aryl methyl sites for hydroxylation is 1. The molecule has 0 saturated carbocycles. The van der Waals surface area contributed by atoms with E-state index in [1.54, 1.807) is 12.1 Å². The van der Waals surface area contributed by atoms with Crippen molar-refractivity contribution in [3.8, 4) is 0 Å². The highest BCUT2D eigenvalue weighted by Gasteiger charge is 2.13. The second kappa shape index (κ2) is 8.25. The lowest BCUT2D eigenvalue weighted by atomic mass is 9.96. The van der Waals surface area contributed by atoms with Crippen molar-refractivity contribution >= 4 is 0 Å². The van der Waals surface area contributed by atoms with Crippen LogP contribution in [0.2, 0.25) is 0 Å². The summed E-state index contributed by atoms with van der Waals surface area (Å²) in [6.07, 6.45) is 6.12. The fourth-order valence-electron chi connectivity index (χ4n) is 2.38. The van der Waals surface area contributed by atoms with E-state index in [9.17, 15) is 4.39 Å². The molecule has 0 radical (unpaired) electrons. The van der Waals surface area contributed by atoms with Crippen molar-refractivity contribution in [2.24, 2.45) is 0 Å². The van der Waals surface area contributed by atoms with Gasteiger partial charge in [-0.3, -0.25) is 0 Å². The Morgan fingerprint density at radius 3 is 2.61 bits per heavy atom. The van der Waals surface area contributed by atoms with E-state index in [2.05, 4.69) is 26.1 Å². The Morgan fingerprint density at radius 2 is 1.94 bits per heavy atom. The molecule has 2 heteroatoms. The molecular formula is C16H26FN. The maximum atomic E-state index is 13.4. The van der Waals surface area contributed by atoms with Crippen LogP contribution in [-0.2, 0) is 0 Å². The molecule has 0 saturated heterocycles. The third kappa shape index (κ3) is 4.77. The van der Waals surface area contributed by atoms with Gasteiger partial charge in [0.05, 0.1) is 0 Å². The van der Waals surface area contributed by atoms with E-state index >= 15 is 0 Å². The first-order chi connectivity index (χ1) is 8.69. The normalized spacial score (nSPS) is 12.7. The van der Waals surface area contributed by atoms with Gasteiger partial charge >= 0.3 is 0 Å². The third-order valence-electron chi connectivity index (χ3n) is 3.41. The van der Waals surface area contributed by atoms with Crippen LogP contribution >= 0.6 is 0 Å². The van der Waals surface area contributed by atoms with E-state index in [1.807, 2.05) is 6.07 Å². The fraction of sp³-hybridized carbons (Fsp3) is 0.625. The number of hydrogen-bond acceptors (Lipinski definition) is 1. The molecular weight excluding hydrogens is 225 g/mol. The van der Waals surface area contributed by atoms with Gasteiger partial charge in [-0.15, -0.1) is 0 Å². The maximum absolute atomic E-state index is 13.4. The zero-order chi connectivity index (χ0) is 13.4. The molecule has 0 aromatic heterocycles. The molecule has 1 atom stereocenters. The van der Waals surface area contributed by atoms with Crippen molar-refractivity contribution in [3.05, 3.63) is 35.1 Å². The maximum Gasteiger partial charge on any atom is 0.123 e. The van der Waals surface area contributed by atoms with Crippen LogP contribution in [0.1, 0.15) is 63.1 Å². The van der Waals surface area contributed by atoms with Crippen LogP contribution in [0.25, 0.3) is 0 Å². The Balaban J connectivity index is 2.67. The second-order valence-electron chi connectivity index (χ2n) is 4.96. The van der Waals surface area contributed by atoms with Gasteiger partial charge in [0.15, 0.2) is 0 Å². The van der Waals surface area contributed by atoms with Crippen LogP contribution in [0.3, 0.4) is 0 Å². The van der Waals surface area contributed by atoms with Crippen molar-refractivity contribution in [2.45, 2.75) is 58.9 Å². The zero-order valence-electron chi connectivity index (χ0n) is 11.9. The highest BCUT2D eigenvalue weighted by Crippen LogP contribution is 2.24. The van der Waals surface area contributed by atoms with Crippen LogP contribution < -0.4 is 5.32 Å². The molecule has 0 heterocycles. The first-order valence-corrected chi connectivity index (χ1v) is 7.18. The number of nitrogens with one attached hydrogen (secondary N) is 1. The van der Waals surface area contributed by atoms with E-state index in [-0.39, 0.29) is 5.82 Å². The lowest BCUT2D eigenvalue weighted by Gasteiger charge is -2.20. The number of unbranched alkanes of at least 4 members (excludes halogenated alkanes) is 3.